The van der Waals surface area contributed by atoms with Gasteiger partial charge in [0, 0.05) is 31.9 Å². The van der Waals surface area contributed by atoms with Gasteiger partial charge in [-0.05, 0) is 73.0 Å². The quantitative estimate of drug-likeness (QED) is 0.680. The second kappa shape index (κ2) is 7.72. The first kappa shape index (κ1) is 19.1. The van der Waals surface area contributed by atoms with Gasteiger partial charge < -0.3 is 14.4 Å². The first-order valence-corrected chi connectivity index (χ1v) is 10.9. The number of likely N-dealkylation sites (N-methyl/N-ethyl adjacent to an activating group) is 1. The van der Waals surface area contributed by atoms with Crippen molar-refractivity contribution < 1.29 is 14.3 Å². The molecular weight excluding hydrogens is 398 g/mol. The summed E-state index contributed by atoms with van der Waals surface area (Å²) < 4.78 is 10.8. The van der Waals surface area contributed by atoms with Crippen molar-refractivity contribution in [1.29, 1.82) is 0 Å². The van der Waals surface area contributed by atoms with Gasteiger partial charge in [0.1, 0.15) is 0 Å². The number of amidine groups is 1. The number of aliphatic imine (C=N–C) groups is 1. The van der Waals surface area contributed by atoms with Crippen LogP contribution < -0.4 is 14.4 Å². The van der Waals surface area contributed by atoms with Gasteiger partial charge in [-0.15, -0.1) is 0 Å². The summed E-state index contributed by atoms with van der Waals surface area (Å²) in [4.78, 5) is 22.1. The van der Waals surface area contributed by atoms with Gasteiger partial charge in [0.2, 0.25) is 6.79 Å². The summed E-state index contributed by atoms with van der Waals surface area (Å²) in [6.07, 6.45) is 4.48. The number of anilines is 1. The number of benzene rings is 2. The molecule has 3 aliphatic rings. The summed E-state index contributed by atoms with van der Waals surface area (Å²) in [6, 6.07) is 12.0. The smallest absolute Gasteiger partial charge is 0.266 e. The highest BCUT2D eigenvalue weighted by Crippen LogP contribution is 2.38. The lowest BCUT2D eigenvalue weighted by Crippen LogP contribution is -2.23. The maximum atomic E-state index is 12.8. The molecule has 0 radical (unpaired) electrons. The normalized spacial score (nSPS) is 20.8. The van der Waals surface area contributed by atoms with Gasteiger partial charge in [0.15, 0.2) is 16.7 Å². The zero-order chi connectivity index (χ0) is 20.7. The van der Waals surface area contributed by atoms with Crippen molar-refractivity contribution in [3.8, 4) is 11.5 Å². The molecule has 1 amide bonds. The Kier molecular flexibility index (Phi) is 4.90. The molecule has 2 fully saturated rings. The minimum atomic E-state index is -0.0393. The number of amides is 1. The highest BCUT2D eigenvalue weighted by atomic mass is 32.2. The summed E-state index contributed by atoms with van der Waals surface area (Å²) >= 11 is 1.39. The first-order chi connectivity index (χ1) is 14.6. The molecular formula is C23H23N3O3S. The number of hydrogen-bond donors (Lipinski definition) is 0. The molecule has 5 rings (SSSR count). The zero-order valence-electron chi connectivity index (χ0n) is 17.1. The van der Waals surface area contributed by atoms with Crippen LogP contribution in [-0.2, 0) is 4.79 Å². The van der Waals surface area contributed by atoms with Crippen molar-refractivity contribution >= 4 is 40.3 Å². The van der Waals surface area contributed by atoms with E-state index >= 15 is 0 Å². The molecule has 6 nitrogen and oxygen atoms in total. The molecule has 3 heterocycles. The molecule has 30 heavy (non-hydrogen) atoms. The first-order valence-electron chi connectivity index (χ1n) is 10.1. The molecule has 7 heteroatoms. The third-order valence-corrected chi connectivity index (χ3v) is 6.66. The standard InChI is InChI=1S/C23H23N3O3S/c1-15-11-18(26-9-3-4-10-26)7-5-16(15)12-21-22(27)25(2)23(30-21)24-17-6-8-19-20(13-17)29-14-28-19/h5-8,11-13H,3-4,9-10,14H2,1-2H3/b21-12-,24-23?. The van der Waals surface area contributed by atoms with E-state index in [1.54, 1.807) is 11.9 Å². The van der Waals surface area contributed by atoms with Crippen molar-refractivity contribution in [1.82, 2.24) is 4.90 Å². The highest BCUT2D eigenvalue weighted by molar-refractivity contribution is 8.18. The molecule has 2 aromatic carbocycles. The predicted octanol–water partition coefficient (Wildman–Crippen LogP) is 4.56. The number of fused-ring (bicyclic) bond motifs is 1. The topological polar surface area (TPSA) is 54.4 Å². The molecule has 0 spiro atoms. The fourth-order valence-corrected chi connectivity index (χ4v) is 4.83. The van der Waals surface area contributed by atoms with Crippen LogP contribution in [0.4, 0.5) is 11.4 Å². The molecule has 2 saturated heterocycles. The number of rotatable bonds is 3. The van der Waals surface area contributed by atoms with Gasteiger partial charge in [0.25, 0.3) is 5.91 Å². The SMILES string of the molecule is Cc1cc(N2CCCC2)ccc1/C=C1\SC(=Nc2ccc3c(c2)OCO3)N(C)C1=O. The maximum Gasteiger partial charge on any atom is 0.266 e. The lowest BCUT2D eigenvalue weighted by molar-refractivity contribution is -0.121. The number of aryl methyl sites for hydroxylation is 1. The number of nitrogens with zero attached hydrogens (tertiary/aromatic N) is 3. The van der Waals surface area contributed by atoms with Crippen LogP contribution in [-0.4, -0.2) is 42.9 Å². The van der Waals surface area contributed by atoms with Gasteiger partial charge in [-0.1, -0.05) is 6.07 Å². The molecule has 0 saturated carbocycles. The third kappa shape index (κ3) is 3.54. The summed E-state index contributed by atoms with van der Waals surface area (Å²) in [5, 5.41) is 0.649. The van der Waals surface area contributed by atoms with Crippen molar-refractivity contribution in [2.45, 2.75) is 19.8 Å². The Labute approximate surface area is 180 Å². The molecule has 0 aliphatic carbocycles. The molecule has 154 valence electrons. The van der Waals surface area contributed by atoms with Crippen molar-refractivity contribution in [3.63, 3.8) is 0 Å². The number of hydrogen-bond acceptors (Lipinski definition) is 6. The van der Waals surface area contributed by atoms with Crippen LogP contribution in [0.1, 0.15) is 24.0 Å². The summed E-state index contributed by atoms with van der Waals surface area (Å²) in [5.74, 6) is 1.36. The van der Waals surface area contributed by atoms with E-state index in [1.807, 2.05) is 24.3 Å². The fraction of sp³-hybridized carbons (Fsp3) is 0.304. The van der Waals surface area contributed by atoms with Crippen LogP contribution >= 0.6 is 11.8 Å². The largest absolute Gasteiger partial charge is 0.454 e. The third-order valence-electron chi connectivity index (χ3n) is 5.60. The van der Waals surface area contributed by atoms with E-state index in [9.17, 15) is 4.79 Å². The maximum absolute atomic E-state index is 12.8. The van der Waals surface area contributed by atoms with Crippen molar-refractivity contribution in [2.24, 2.45) is 4.99 Å². The molecule has 3 aliphatic heterocycles. The van der Waals surface area contributed by atoms with E-state index < -0.39 is 0 Å². The van der Waals surface area contributed by atoms with Gasteiger partial charge >= 0.3 is 0 Å². The summed E-state index contributed by atoms with van der Waals surface area (Å²) in [5.41, 5.74) is 4.23. The highest BCUT2D eigenvalue weighted by Gasteiger charge is 2.30. The van der Waals surface area contributed by atoms with E-state index in [-0.39, 0.29) is 12.7 Å². The van der Waals surface area contributed by atoms with Gasteiger partial charge in [-0.3, -0.25) is 9.69 Å². The number of carbonyl (C=O) groups is 1. The average molecular weight is 422 g/mol. The van der Waals surface area contributed by atoms with Crippen LogP contribution in [0.3, 0.4) is 0 Å². The van der Waals surface area contributed by atoms with Gasteiger partial charge in [0.05, 0.1) is 10.6 Å². The van der Waals surface area contributed by atoms with E-state index in [1.165, 1.54) is 35.9 Å². The Morgan fingerprint density at radius 1 is 1.07 bits per heavy atom. The lowest BCUT2D eigenvalue weighted by Gasteiger charge is -2.18. The van der Waals surface area contributed by atoms with Gasteiger partial charge in [-0.25, -0.2) is 4.99 Å². The van der Waals surface area contributed by atoms with E-state index in [0.717, 1.165) is 30.1 Å². The number of thioether (sulfide) groups is 1. The van der Waals surface area contributed by atoms with Gasteiger partial charge in [-0.2, -0.15) is 0 Å². The van der Waals surface area contributed by atoms with Crippen LogP contribution in [0.2, 0.25) is 0 Å². The van der Waals surface area contributed by atoms with E-state index in [0.29, 0.717) is 15.8 Å². The molecule has 2 aromatic rings. The molecule has 0 N–H and O–H groups in total. The number of carbonyl (C=O) groups excluding carboxylic acids is 1. The molecule has 0 atom stereocenters. The second-order valence-corrected chi connectivity index (χ2v) is 8.65. The average Bonchev–Trinajstić information content (AvgIpc) is 3.48. The minimum absolute atomic E-state index is 0.0393. The van der Waals surface area contributed by atoms with Crippen molar-refractivity contribution in [2.75, 3.05) is 31.8 Å². The van der Waals surface area contributed by atoms with E-state index in [2.05, 4.69) is 35.0 Å². The molecule has 0 bridgehead atoms. The molecule has 0 unspecified atom stereocenters. The predicted molar refractivity (Wildman–Crippen MR) is 121 cm³/mol. The fourth-order valence-electron chi connectivity index (χ4n) is 3.85. The summed E-state index contributed by atoms with van der Waals surface area (Å²) in [7, 11) is 1.76. The van der Waals surface area contributed by atoms with Crippen molar-refractivity contribution in [3.05, 3.63) is 52.4 Å². The minimum Gasteiger partial charge on any atom is -0.454 e. The zero-order valence-corrected chi connectivity index (χ0v) is 17.9. The van der Waals surface area contributed by atoms with Crippen LogP contribution in [0.15, 0.2) is 46.3 Å². The van der Waals surface area contributed by atoms with Crippen LogP contribution in [0, 0.1) is 6.92 Å². The Morgan fingerprint density at radius 2 is 1.87 bits per heavy atom. The Balaban J connectivity index is 1.39. The monoisotopic (exact) mass is 421 g/mol. The summed E-state index contributed by atoms with van der Waals surface area (Å²) in [6.45, 7) is 4.57. The van der Waals surface area contributed by atoms with E-state index in [4.69, 9.17) is 9.47 Å². The Bertz CT molecular complexity index is 1070. The Hall–Kier alpha value is -2.93. The second-order valence-electron chi connectivity index (χ2n) is 7.64. The Morgan fingerprint density at radius 3 is 2.67 bits per heavy atom. The number of ether oxygens (including phenoxy) is 2. The molecule has 0 aromatic heterocycles. The lowest BCUT2D eigenvalue weighted by atomic mass is 10.1. The van der Waals surface area contributed by atoms with Crippen LogP contribution in [0.5, 0.6) is 11.5 Å². The van der Waals surface area contributed by atoms with Crippen LogP contribution in [0.25, 0.3) is 6.08 Å².